The highest BCUT2D eigenvalue weighted by Crippen LogP contribution is 2.59. The van der Waals surface area contributed by atoms with Gasteiger partial charge in [0.15, 0.2) is 0 Å². The fourth-order valence-electron chi connectivity index (χ4n) is 19.2. The lowest BCUT2D eigenvalue weighted by Crippen LogP contribution is -2.26. The molecule has 0 spiro atoms. The molecular formula is C111H144N2. The maximum absolute atomic E-state index is 2.66. The number of allylic oxidation sites excluding steroid dienone is 2. The van der Waals surface area contributed by atoms with E-state index >= 15 is 0 Å². The van der Waals surface area contributed by atoms with Crippen LogP contribution in [0.5, 0.6) is 0 Å². The molecule has 2 aliphatic rings. The average Bonchev–Trinajstić information content (AvgIpc) is 1.55. The molecule has 0 N–H and O–H groups in total. The lowest BCUT2D eigenvalue weighted by atomic mass is 9.69. The molecule has 12 rings (SSSR count). The quantitative estimate of drug-likeness (QED) is 0.0351. The van der Waals surface area contributed by atoms with Gasteiger partial charge in [0.2, 0.25) is 0 Å². The van der Waals surface area contributed by atoms with Gasteiger partial charge in [-0.25, -0.2) is 0 Å². The molecule has 0 fully saturated rings. The lowest BCUT2D eigenvalue weighted by Gasteiger charge is -2.34. The normalized spacial score (nSPS) is 13.0. The fourth-order valence-corrected chi connectivity index (χ4v) is 19.2. The Morgan fingerprint density at radius 2 is 0.646 bits per heavy atom. The van der Waals surface area contributed by atoms with E-state index in [-0.39, 0.29) is 10.8 Å². The molecule has 0 radical (unpaired) electrons. The minimum absolute atomic E-state index is 0.0571. The van der Waals surface area contributed by atoms with Crippen LogP contribution in [0.3, 0.4) is 0 Å². The minimum Gasteiger partial charge on any atom is -0.311 e. The van der Waals surface area contributed by atoms with Crippen molar-refractivity contribution in [2.45, 2.75) is 331 Å². The summed E-state index contributed by atoms with van der Waals surface area (Å²) in [7, 11) is 0. The summed E-state index contributed by atoms with van der Waals surface area (Å²) in [5.41, 5.74) is 32.0. The van der Waals surface area contributed by atoms with E-state index in [0.29, 0.717) is 0 Å². The van der Waals surface area contributed by atoms with Gasteiger partial charge in [-0.2, -0.15) is 0 Å². The van der Waals surface area contributed by atoms with Crippen molar-refractivity contribution < 1.29 is 0 Å². The molecule has 0 unspecified atom stereocenters. The van der Waals surface area contributed by atoms with E-state index < -0.39 is 0 Å². The molecule has 10 aromatic rings. The molecule has 598 valence electrons. The van der Waals surface area contributed by atoms with E-state index in [2.05, 4.69) is 298 Å². The van der Waals surface area contributed by atoms with Crippen LogP contribution >= 0.6 is 0 Å². The number of nitrogens with zero attached hydrogens (tertiary/aromatic N) is 2. The molecule has 0 atom stereocenters. The van der Waals surface area contributed by atoms with Gasteiger partial charge < -0.3 is 9.80 Å². The minimum atomic E-state index is 0.0571. The second kappa shape index (κ2) is 44.1. The summed E-state index contributed by atoms with van der Waals surface area (Å²) in [6.07, 6.45) is 51.9. The largest absolute Gasteiger partial charge is 0.311 e. The number of hydrogen-bond acceptors (Lipinski definition) is 2. The Bertz CT molecular complexity index is 4490. The Labute approximate surface area is 688 Å². The van der Waals surface area contributed by atoms with Crippen molar-refractivity contribution in [2.75, 3.05) is 9.80 Å². The van der Waals surface area contributed by atoms with Crippen LogP contribution in [0, 0.1) is 20.8 Å². The molecule has 0 saturated carbocycles. The number of rotatable bonds is 46. The molecule has 2 aliphatic carbocycles. The summed E-state index contributed by atoms with van der Waals surface area (Å²) >= 11 is 0. The Hall–Kier alpha value is -8.20. The van der Waals surface area contributed by atoms with Gasteiger partial charge in [-0.15, -0.1) is 0 Å². The standard InChI is InChI=1S/C69H84N2.C42H60/c1-7-11-15-17-19-21-49-69(50-22-20-18-16-12-8-2)67-51-54(6)27-47-65(67)66-48-34-58(52-68(66)69)57-32-41-62(42-33-57)71(61-39-30-56(31-40-61)24-14-10-4)64-45-43-63(44-46-64)70(59-35-25-53(5)26-36-59)60-37-28-55(29-38-60)23-13-9-3;1-6-10-13-15-17-22-29-42(30-23-18-16-14-11-7-2)39-32-35(34(9-4)24-19-12-8-3)27-28-38(39)41-37-26-21-20-25-36(37)33(5)31-40(41)42/h25-48,51-52H,7-24,49-50H2,1-6H3;9,20-21,25-28,31-32H,6-8,10-19,22-24,29-30H2,1-5H3. The van der Waals surface area contributed by atoms with E-state index in [9.17, 15) is 0 Å². The van der Waals surface area contributed by atoms with E-state index in [1.807, 2.05) is 0 Å². The number of benzene rings is 10. The number of anilines is 6. The molecule has 0 heterocycles. The second-order valence-corrected chi connectivity index (χ2v) is 34.3. The van der Waals surface area contributed by atoms with Crippen LogP contribution < -0.4 is 9.80 Å². The maximum Gasteiger partial charge on any atom is 0.0463 e. The van der Waals surface area contributed by atoms with Gasteiger partial charge >= 0.3 is 0 Å². The Morgan fingerprint density at radius 1 is 0.292 bits per heavy atom. The summed E-state index contributed by atoms with van der Waals surface area (Å²) < 4.78 is 0. The first-order valence-electron chi connectivity index (χ1n) is 46.1. The monoisotopic (exact) mass is 1510 g/mol. The lowest BCUT2D eigenvalue weighted by molar-refractivity contribution is 0.398. The van der Waals surface area contributed by atoms with Crippen molar-refractivity contribution in [3.05, 3.63) is 268 Å². The Kier molecular flexibility index (Phi) is 33.4. The predicted octanol–water partition coefficient (Wildman–Crippen LogP) is 35.3. The van der Waals surface area contributed by atoms with Gasteiger partial charge in [0, 0.05) is 45.0 Å². The van der Waals surface area contributed by atoms with Crippen molar-refractivity contribution in [1.82, 2.24) is 0 Å². The van der Waals surface area contributed by atoms with E-state index in [1.165, 1.54) is 320 Å². The number of hydrogen-bond donors (Lipinski definition) is 0. The van der Waals surface area contributed by atoms with Gasteiger partial charge in [-0.05, 0) is 271 Å². The summed E-state index contributed by atoms with van der Waals surface area (Å²) in [5.74, 6) is 0. The Balaban J connectivity index is 0.000000255. The number of unbranched alkanes of at least 4 members (excludes halogenated alkanes) is 24. The SMILES string of the molecule is CC=C(CCCCC)c1ccc2c(c1)C(CCCCCCCC)(CCCCCCCC)c1cc(C)c3ccccc3c1-2.CCCCCCCCC1(CCCCCCCC)c2cc(C)ccc2-c2ccc(-c3ccc(N(c4ccc(CCCC)cc4)c4ccc(N(c5ccc(C)cc5)c5ccc(CCCC)cc5)cc4)cc3)cc21. The zero-order valence-corrected chi connectivity index (χ0v) is 72.5. The van der Waals surface area contributed by atoms with Gasteiger partial charge in [0.25, 0.3) is 0 Å². The highest BCUT2D eigenvalue weighted by Gasteiger charge is 2.45. The first-order chi connectivity index (χ1) is 55.5. The first-order valence-corrected chi connectivity index (χ1v) is 46.1. The van der Waals surface area contributed by atoms with Crippen LogP contribution in [-0.2, 0) is 23.7 Å². The summed E-state index contributed by atoms with van der Waals surface area (Å²) in [6, 6.07) is 80.3. The third-order valence-electron chi connectivity index (χ3n) is 25.8. The molecule has 2 heteroatoms. The van der Waals surface area contributed by atoms with E-state index in [4.69, 9.17) is 0 Å². The smallest absolute Gasteiger partial charge is 0.0463 e. The van der Waals surface area contributed by atoms with E-state index in [1.54, 1.807) is 27.8 Å². The molecule has 0 bridgehead atoms. The van der Waals surface area contributed by atoms with Crippen molar-refractivity contribution in [1.29, 1.82) is 0 Å². The summed E-state index contributed by atoms with van der Waals surface area (Å²) in [5, 5.41) is 2.89. The second-order valence-electron chi connectivity index (χ2n) is 34.3. The number of fused-ring (bicyclic) bond motifs is 8. The third-order valence-corrected chi connectivity index (χ3v) is 25.8. The van der Waals surface area contributed by atoms with Crippen LogP contribution in [0.25, 0.3) is 49.7 Å². The highest BCUT2D eigenvalue weighted by atomic mass is 15.2. The van der Waals surface area contributed by atoms with Crippen molar-refractivity contribution in [2.24, 2.45) is 0 Å². The van der Waals surface area contributed by atoms with Crippen molar-refractivity contribution in [3.8, 4) is 33.4 Å². The zero-order valence-electron chi connectivity index (χ0n) is 72.5. The average molecular weight is 1510 g/mol. The Morgan fingerprint density at radius 3 is 1.11 bits per heavy atom. The van der Waals surface area contributed by atoms with Crippen LogP contribution in [0.15, 0.2) is 212 Å². The summed E-state index contributed by atoms with van der Waals surface area (Å²) in [4.78, 5) is 4.82. The van der Waals surface area contributed by atoms with Gasteiger partial charge in [0.05, 0.1) is 0 Å². The highest BCUT2D eigenvalue weighted by molar-refractivity contribution is 6.04. The van der Waals surface area contributed by atoms with Crippen molar-refractivity contribution in [3.63, 3.8) is 0 Å². The molecule has 113 heavy (non-hydrogen) atoms. The molecular weight excluding hydrogens is 1360 g/mol. The fraction of sp³-hybridized carbons (Fsp3) is 0.459. The van der Waals surface area contributed by atoms with Crippen LogP contribution in [0.4, 0.5) is 34.1 Å². The number of aryl methyl sites for hydroxylation is 5. The first kappa shape index (κ1) is 85.7. The van der Waals surface area contributed by atoms with Crippen LogP contribution in [0.1, 0.15) is 342 Å². The zero-order chi connectivity index (χ0) is 79.2. The maximum atomic E-state index is 2.66. The summed E-state index contributed by atoms with van der Waals surface area (Å²) in [6.45, 7) is 25.2. The molecule has 0 aliphatic heterocycles. The topological polar surface area (TPSA) is 6.48 Å². The van der Waals surface area contributed by atoms with Crippen LogP contribution in [-0.4, -0.2) is 0 Å². The molecule has 0 saturated heterocycles. The molecule has 2 nitrogen and oxygen atoms in total. The van der Waals surface area contributed by atoms with Gasteiger partial charge in [-0.3, -0.25) is 0 Å². The van der Waals surface area contributed by atoms with E-state index in [0.717, 1.165) is 35.6 Å². The van der Waals surface area contributed by atoms with Crippen molar-refractivity contribution >= 4 is 50.5 Å². The van der Waals surface area contributed by atoms with Gasteiger partial charge in [0.1, 0.15) is 0 Å². The molecule has 10 aromatic carbocycles. The molecule has 0 aromatic heterocycles. The van der Waals surface area contributed by atoms with Crippen LogP contribution in [0.2, 0.25) is 0 Å². The predicted molar refractivity (Wildman–Crippen MR) is 499 cm³/mol. The third kappa shape index (κ3) is 21.7. The van der Waals surface area contributed by atoms with Gasteiger partial charge in [-0.1, -0.05) is 367 Å². The molecule has 0 amide bonds.